The third-order valence-corrected chi connectivity index (χ3v) is 3.06. The molecule has 23 heavy (non-hydrogen) atoms. The predicted molar refractivity (Wildman–Crippen MR) is 79.7 cm³/mol. The molecule has 6 heteroatoms. The Morgan fingerprint density at radius 2 is 1.74 bits per heavy atom. The van der Waals surface area contributed by atoms with Crippen molar-refractivity contribution in [1.29, 1.82) is 0 Å². The van der Waals surface area contributed by atoms with Crippen molar-refractivity contribution in [3.63, 3.8) is 0 Å². The van der Waals surface area contributed by atoms with Crippen LogP contribution in [0, 0.1) is 11.6 Å². The quantitative estimate of drug-likeness (QED) is 0.833. The number of halogens is 2. The monoisotopic (exact) mass is 319 g/mol. The van der Waals surface area contributed by atoms with Gasteiger partial charge >= 0.3 is 6.09 Å². The van der Waals surface area contributed by atoms with Gasteiger partial charge in [-0.25, -0.2) is 13.6 Å². The highest BCUT2D eigenvalue weighted by atomic mass is 19.1. The van der Waals surface area contributed by atoms with E-state index in [1.165, 1.54) is 0 Å². The summed E-state index contributed by atoms with van der Waals surface area (Å²) in [7, 11) is 0. The Labute approximate surface area is 132 Å². The lowest BCUT2D eigenvalue weighted by molar-refractivity contribution is -0.109. The minimum atomic E-state index is -0.931. The minimum Gasteiger partial charge on any atom is -0.445 e. The van der Waals surface area contributed by atoms with Gasteiger partial charge in [0.2, 0.25) is 0 Å². The molecule has 0 spiro atoms. The van der Waals surface area contributed by atoms with Gasteiger partial charge in [0, 0.05) is 6.07 Å². The molecule has 1 N–H and O–H groups in total. The summed E-state index contributed by atoms with van der Waals surface area (Å²) >= 11 is 0. The van der Waals surface area contributed by atoms with Gasteiger partial charge in [0.25, 0.3) is 0 Å². The van der Waals surface area contributed by atoms with Crippen molar-refractivity contribution < 1.29 is 23.1 Å². The number of rotatable bonds is 6. The van der Waals surface area contributed by atoms with Gasteiger partial charge in [-0.2, -0.15) is 0 Å². The predicted octanol–water partition coefficient (Wildman–Crippen LogP) is 3.00. The van der Waals surface area contributed by atoms with Crippen molar-refractivity contribution in [3.05, 3.63) is 71.3 Å². The zero-order valence-electron chi connectivity index (χ0n) is 12.2. The van der Waals surface area contributed by atoms with Crippen LogP contribution in [0.1, 0.15) is 11.1 Å². The lowest BCUT2D eigenvalue weighted by Gasteiger charge is -2.13. The van der Waals surface area contributed by atoms with E-state index in [9.17, 15) is 18.4 Å². The van der Waals surface area contributed by atoms with Crippen LogP contribution in [0.2, 0.25) is 0 Å². The highest BCUT2D eigenvalue weighted by molar-refractivity contribution is 5.73. The minimum absolute atomic E-state index is 0.0291. The van der Waals surface area contributed by atoms with Gasteiger partial charge in [0.05, 0.1) is 6.04 Å². The van der Waals surface area contributed by atoms with Gasteiger partial charge in [-0.1, -0.05) is 30.3 Å². The molecule has 2 rings (SSSR count). The molecule has 1 amide bonds. The summed E-state index contributed by atoms with van der Waals surface area (Å²) in [6.45, 7) is 0.0623. The molecule has 2 aromatic carbocycles. The Balaban J connectivity index is 1.88. The van der Waals surface area contributed by atoms with Crippen LogP contribution in [-0.2, 0) is 22.6 Å². The summed E-state index contributed by atoms with van der Waals surface area (Å²) in [6, 6.07) is 11.1. The molecule has 1 atom stereocenters. The van der Waals surface area contributed by atoms with Crippen LogP contribution in [0.15, 0.2) is 48.5 Å². The fourth-order valence-electron chi connectivity index (χ4n) is 2.03. The second-order valence-electron chi connectivity index (χ2n) is 4.93. The average Bonchev–Trinajstić information content (AvgIpc) is 2.52. The first-order valence-electron chi connectivity index (χ1n) is 6.94. The number of hydrogen-bond donors (Lipinski definition) is 1. The van der Waals surface area contributed by atoms with E-state index in [1.807, 2.05) is 18.2 Å². The molecular formula is C17H15F2NO3. The average molecular weight is 319 g/mol. The molecule has 0 aromatic heterocycles. The van der Waals surface area contributed by atoms with Crippen LogP contribution in [0.5, 0.6) is 0 Å². The molecular weight excluding hydrogens is 304 g/mol. The number of alkyl carbamates (subject to hydrolysis) is 1. The van der Waals surface area contributed by atoms with Crippen LogP contribution in [-0.4, -0.2) is 18.4 Å². The molecule has 120 valence electrons. The maximum Gasteiger partial charge on any atom is 0.408 e. The Kier molecular flexibility index (Phi) is 5.80. The number of carbonyl (C=O) groups is 2. The van der Waals surface area contributed by atoms with Crippen molar-refractivity contribution in [2.75, 3.05) is 0 Å². The smallest absolute Gasteiger partial charge is 0.408 e. The second kappa shape index (κ2) is 8.03. The fourth-order valence-corrected chi connectivity index (χ4v) is 2.03. The highest BCUT2D eigenvalue weighted by Gasteiger charge is 2.14. The van der Waals surface area contributed by atoms with E-state index in [0.29, 0.717) is 6.29 Å². The molecule has 0 radical (unpaired) electrons. The Morgan fingerprint density at radius 1 is 1.09 bits per heavy atom. The van der Waals surface area contributed by atoms with E-state index >= 15 is 0 Å². The molecule has 0 heterocycles. The molecule has 4 nitrogen and oxygen atoms in total. The number of carbonyl (C=O) groups excluding carboxylic acids is 2. The Bertz CT molecular complexity index is 657. The molecule has 2 aromatic rings. The van der Waals surface area contributed by atoms with Crippen molar-refractivity contribution in [2.45, 2.75) is 19.1 Å². The summed E-state index contributed by atoms with van der Waals surface area (Å²) < 4.78 is 31.2. The van der Waals surface area contributed by atoms with Crippen LogP contribution < -0.4 is 5.32 Å². The van der Waals surface area contributed by atoms with Gasteiger partial charge in [-0.15, -0.1) is 0 Å². The van der Waals surface area contributed by atoms with Crippen LogP contribution in [0.4, 0.5) is 13.6 Å². The molecule has 1 unspecified atom stereocenters. The molecule has 0 fully saturated rings. The van der Waals surface area contributed by atoms with E-state index in [4.69, 9.17) is 4.74 Å². The van der Waals surface area contributed by atoms with Crippen LogP contribution in [0.3, 0.4) is 0 Å². The van der Waals surface area contributed by atoms with Gasteiger partial charge in [0.1, 0.15) is 24.5 Å². The van der Waals surface area contributed by atoms with Crippen molar-refractivity contribution in [1.82, 2.24) is 5.32 Å². The summed E-state index contributed by atoms with van der Waals surface area (Å²) in [5.41, 5.74) is 1.07. The van der Waals surface area contributed by atoms with Crippen LogP contribution >= 0.6 is 0 Å². The SMILES string of the molecule is O=CC(Cc1cc(F)cc(F)c1)NC(=O)OCc1ccccc1. The van der Waals surface area contributed by atoms with Gasteiger partial charge in [-0.3, -0.25) is 0 Å². The number of hydrogen-bond acceptors (Lipinski definition) is 3. The van der Waals surface area contributed by atoms with E-state index in [0.717, 1.165) is 23.8 Å². The zero-order chi connectivity index (χ0) is 16.7. The van der Waals surface area contributed by atoms with E-state index in [-0.39, 0.29) is 18.6 Å². The summed E-state index contributed by atoms with van der Waals surface area (Å²) in [5, 5.41) is 2.35. The molecule has 0 aliphatic rings. The summed E-state index contributed by atoms with van der Waals surface area (Å²) in [6.07, 6.45) is -0.312. The Morgan fingerprint density at radius 3 is 2.35 bits per heavy atom. The standard InChI is InChI=1S/C17H15F2NO3/c18-14-6-13(7-15(19)9-14)8-16(10-21)20-17(22)23-11-12-4-2-1-3-5-12/h1-7,9-10,16H,8,11H2,(H,20,22). The summed E-state index contributed by atoms with van der Waals surface area (Å²) in [5.74, 6) is -1.48. The first-order valence-corrected chi connectivity index (χ1v) is 6.94. The van der Waals surface area contributed by atoms with Gasteiger partial charge in [0.15, 0.2) is 0 Å². The number of ether oxygens (including phenoxy) is 1. The van der Waals surface area contributed by atoms with Crippen molar-refractivity contribution in [2.24, 2.45) is 0 Å². The summed E-state index contributed by atoms with van der Waals surface area (Å²) in [4.78, 5) is 22.7. The highest BCUT2D eigenvalue weighted by Crippen LogP contribution is 2.10. The Hall–Kier alpha value is -2.76. The second-order valence-corrected chi connectivity index (χ2v) is 4.93. The van der Waals surface area contributed by atoms with Crippen molar-refractivity contribution >= 4 is 12.4 Å². The maximum absolute atomic E-state index is 13.1. The lowest BCUT2D eigenvalue weighted by atomic mass is 10.1. The van der Waals surface area contributed by atoms with E-state index in [2.05, 4.69) is 5.32 Å². The molecule has 0 saturated heterocycles. The number of nitrogens with one attached hydrogen (secondary N) is 1. The normalized spacial score (nSPS) is 11.6. The third kappa shape index (κ3) is 5.50. The topological polar surface area (TPSA) is 55.4 Å². The number of aldehydes is 1. The fraction of sp³-hybridized carbons (Fsp3) is 0.176. The van der Waals surface area contributed by atoms with Crippen LogP contribution in [0.25, 0.3) is 0 Å². The molecule has 0 aliphatic carbocycles. The zero-order valence-corrected chi connectivity index (χ0v) is 12.2. The third-order valence-electron chi connectivity index (χ3n) is 3.06. The first-order chi connectivity index (χ1) is 11.1. The van der Waals surface area contributed by atoms with E-state index < -0.39 is 23.8 Å². The number of benzene rings is 2. The maximum atomic E-state index is 13.1. The molecule has 0 bridgehead atoms. The largest absolute Gasteiger partial charge is 0.445 e. The lowest BCUT2D eigenvalue weighted by Crippen LogP contribution is -2.37. The molecule has 0 saturated carbocycles. The van der Waals surface area contributed by atoms with Crippen molar-refractivity contribution in [3.8, 4) is 0 Å². The van der Waals surface area contributed by atoms with Gasteiger partial charge < -0.3 is 14.8 Å². The molecule has 0 aliphatic heterocycles. The van der Waals surface area contributed by atoms with Gasteiger partial charge in [-0.05, 0) is 29.7 Å². The van der Waals surface area contributed by atoms with E-state index in [1.54, 1.807) is 12.1 Å². The first kappa shape index (κ1) is 16.6. The number of amides is 1.